The highest BCUT2D eigenvalue weighted by molar-refractivity contribution is 7.89. The molecule has 0 fully saturated rings. The number of aryl methyl sites for hydroxylation is 1. The fourth-order valence-electron chi connectivity index (χ4n) is 2.02. The molecule has 0 spiro atoms. The molecule has 0 saturated carbocycles. The molecule has 1 aromatic heterocycles. The first kappa shape index (κ1) is 21.0. The largest absolute Gasteiger partial charge is 0.433 e. The standard InChI is InChI=1S/C16H16ClF2N3O4S/c1-10-3-6-14(20-8-10)21-15(23)9-22(2)27(24,25)11-4-5-13(12(17)7-11)26-16(18)19/h3-8,16H,9H2,1-2H3,(H,20,21,23). The van der Waals surface area contributed by atoms with Crippen molar-refractivity contribution in [2.75, 3.05) is 18.9 Å². The summed E-state index contributed by atoms with van der Waals surface area (Å²) in [4.78, 5) is 15.8. The number of hydrogen-bond donors (Lipinski definition) is 1. The molecule has 0 radical (unpaired) electrons. The van der Waals surface area contributed by atoms with Crippen LogP contribution < -0.4 is 10.1 Å². The quantitative estimate of drug-likeness (QED) is 0.745. The third kappa shape index (κ3) is 5.59. The number of alkyl halides is 2. The summed E-state index contributed by atoms with van der Waals surface area (Å²) in [5.41, 5.74) is 0.906. The van der Waals surface area contributed by atoms with E-state index < -0.39 is 29.1 Å². The summed E-state index contributed by atoms with van der Waals surface area (Å²) in [6, 6.07) is 6.39. The first-order valence-corrected chi connectivity index (χ1v) is 9.34. The number of nitrogens with one attached hydrogen (secondary N) is 1. The van der Waals surface area contributed by atoms with Crippen molar-refractivity contribution < 1.29 is 26.7 Å². The lowest BCUT2D eigenvalue weighted by Crippen LogP contribution is -2.35. The first-order chi connectivity index (χ1) is 12.6. The van der Waals surface area contributed by atoms with Crippen molar-refractivity contribution in [3.8, 4) is 5.75 Å². The Labute approximate surface area is 160 Å². The lowest BCUT2D eigenvalue weighted by molar-refractivity contribution is -0.116. The van der Waals surface area contributed by atoms with Gasteiger partial charge in [-0.05, 0) is 36.8 Å². The van der Waals surface area contributed by atoms with Crippen LogP contribution in [0.3, 0.4) is 0 Å². The normalized spacial score (nSPS) is 11.7. The number of rotatable bonds is 7. The van der Waals surface area contributed by atoms with Gasteiger partial charge in [0.25, 0.3) is 0 Å². The summed E-state index contributed by atoms with van der Waals surface area (Å²) < 4.78 is 54.5. The highest BCUT2D eigenvalue weighted by Crippen LogP contribution is 2.29. The smallest absolute Gasteiger partial charge is 0.387 e. The van der Waals surface area contributed by atoms with Crippen LogP contribution in [-0.4, -0.2) is 43.8 Å². The van der Waals surface area contributed by atoms with E-state index >= 15 is 0 Å². The Balaban J connectivity index is 2.09. The molecule has 0 bridgehead atoms. The molecular weight excluding hydrogens is 404 g/mol. The van der Waals surface area contributed by atoms with Crippen LogP contribution in [0.4, 0.5) is 14.6 Å². The Kier molecular flexibility index (Phi) is 6.68. The number of pyridine rings is 1. The maximum atomic E-state index is 12.5. The molecule has 0 saturated heterocycles. The first-order valence-electron chi connectivity index (χ1n) is 7.53. The van der Waals surface area contributed by atoms with Crippen LogP contribution >= 0.6 is 11.6 Å². The summed E-state index contributed by atoms with van der Waals surface area (Å²) in [5.74, 6) is -0.661. The van der Waals surface area contributed by atoms with Crippen LogP contribution in [0, 0.1) is 6.92 Å². The van der Waals surface area contributed by atoms with Gasteiger partial charge in [-0.2, -0.15) is 13.1 Å². The van der Waals surface area contributed by atoms with E-state index in [-0.39, 0.29) is 21.5 Å². The molecule has 11 heteroatoms. The lowest BCUT2D eigenvalue weighted by Gasteiger charge is -2.17. The summed E-state index contributed by atoms with van der Waals surface area (Å²) in [7, 11) is -2.87. The van der Waals surface area contributed by atoms with E-state index in [4.69, 9.17) is 11.6 Å². The molecule has 2 aromatic rings. The molecule has 0 aliphatic rings. The van der Waals surface area contributed by atoms with Gasteiger partial charge in [-0.25, -0.2) is 13.4 Å². The number of ether oxygens (including phenoxy) is 1. The highest BCUT2D eigenvalue weighted by atomic mass is 35.5. The molecule has 2 rings (SSSR count). The number of hydrogen-bond acceptors (Lipinski definition) is 5. The van der Waals surface area contributed by atoms with Gasteiger partial charge < -0.3 is 10.1 Å². The number of halogens is 3. The molecule has 7 nitrogen and oxygen atoms in total. The maximum Gasteiger partial charge on any atom is 0.387 e. The molecule has 1 aromatic carbocycles. The molecule has 0 atom stereocenters. The van der Waals surface area contributed by atoms with Crippen molar-refractivity contribution >= 4 is 33.3 Å². The Bertz CT molecular complexity index is 924. The van der Waals surface area contributed by atoms with Gasteiger partial charge in [-0.15, -0.1) is 0 Å². The van der Waals surface area contributed by atoms with Crippen molar-refractivity contribution in [3.63, 3.8) is 0 Å². The van der Waals surface area contributed by atoms with Crippen LogP contribution in [0.5, 0.6) is 5.75 Å². The van der Waals surface area contributed by atoms with E-state index in [1.54, 1.807) is 18.3 Å². The van der Waals surface area contributed by atoms with Crippen molar-refractivity contribution in [2.24, 2.45) is 0 Å². The summed E-state index contributed by atoms with van der Waals surface area (Å²) in [5, 5.41) is 2.19. The van der Waals surface area contributed by atoms with Crippen molar-refractivity contribution in [3.05, 3.63) is 47.1 Å². The second-order valence-corrected chi connectivity index (χ2v) is 7.95. The van der Waals surface area contributed by atoms with E-state index in [0.717, 1.165) is 28.1 Å². The molecule has 0 aliphatic heterocycles. The predicted octanol–water partition coefficient (Wildman–Crippen LogP) is 2.90. The third-order valence-corrected chi connectivity index (χ3v) is 5.47. The number of anilines is 1. The average Bonchev–Trinajstić information content (AvgIpc) is 2.58. The Morgan fingerprint density at radius 3 is 2.59 bits per heavy atom. The number of aromatic nitrogens is 1. The highest BCUT2D eigenvalue weighted by Gasteiger charge is 2.24. The van der Waals surface area contributed by atoms with Crippen LogP contribution in [0.2, 0.25) is 5.02 Å². The van der Waals surface area contributed by atoms with Gasteiger partial charge in [0.15, 0.2) is 0 Å². The fraction of sp³-hybridized carbons (Fsp3) is 0.250. The minimum Gasteiger partial charge on any atom is -0.433 e. The Morgan fingerprint density at radius 2 is 2.04 bits per heavy atom. The number of amides is 1. The SMILES string of the molecule is Cc1ccc(NC(=O)CN(C)S(=O)(=O)c2ccc(OC(F)F)c(Cl)c2)nc1. The predicted molar refractivity (Wildman–Crippen MR) is 95.5 cm³/mol. The zero-order valence-corrected chi connectivity index (χ0v) is 15.9. The Hall–Kier alpha value is -2.30. The molecule has 27 heavy (non-hydrogen) atoms. The minimum atomic E-state index is -4.08. The Morgan fingerprint density at radius 1 is 1.33 bits per heavy atom. The van der Waals surface area contributed by atoms with Crippen LogP contribution in [-0.2, 0) is 14.8 Å². The second-order valence-electron chi connectivity index (χ2n) is 5.50. The lowest BCUT2D eigenvalue weighted by atomic mass is 10.3. The monoisotopic (exact) mass is 419 g/mol. The number of nitrogens with zero attached hydrogens (tertiary/aromatic N) is 2. The van der Waals surface area contributed by atoms with E-state index in [1.165, 1.54) is 7.05 Å². The topological polar surface area (TPSA) is 88.6 Å². The van der Waals surface area contributed by atoms with Gasteiger partial charge in [0.05, 0.1) is 16.5 Å². The fourth-order valence-corrected chi connectivity index (χ4v) is 3.47. The van der Waals surface area contributed by atoms with Gasteiger partial charge >= 0.3 is 6.61 Å². The zero-order valence-electron chi connectivity index (χ0n) is 14.3. The van der Waals surface area contributed by atoms with Crippen LogP contribution in [0.25, 0.3) is 0 Å². The van der Waals surface area contributed by atoms with Gasteiger partial charge in [-0.3, -0.25) is 4.79 Å². The number of likely N-dealkylation sites (N-methyl/N-ethyl adjacent to an activating group) is 1. The maximum absolute atomic E-state index is 12.5. The van der Waals surface area contributed by atoms with Gasteiger partial charge in [-0.1, -0.05) is 17.7 Å². The average molecular weight is 420 g/mol. The third-order valence-electron chi connectivity index (χ3n) is 3.37. The summed E-state index contributed by atoms with van der Waals surface area (Å²) >= 11 is 5.78. The molecule has 1 amide bonds. The minimum absolute atomic E-state index is 0.266. The number of sulfonamides is 1. The summed E-state index contributed by atoms with van der Waals surface area (Å²) in [6.45, 7) is -1.74. The van der Waals surface area contributed by atoms with E-state index in [9.17, 15) is 22.0 Å². The zero-order chi connectivity index (χ0) is 20.2. The molecule has 146 valence electrons. The van der Waals surface area contributed by atoms with E-state index in [2.05, 4.69) is 15.0 Å². The molecule has 1 N–H and O–H groups in total. The van der Waals surface area contributed by atoms with E-state index in [1.807, 2.05) is 6.92 Å². The van der Waals surface area contributed by atoms with Crippen LogP contribution in [0.15, 0.2) is 41.4 Å². The van der Waals surface area contributed by atoms with Gasteiger partial charge in [0, 0.05) is 13.2 Å². The summed E-state index contributed by atoms with van der Waals surface area (Å²) in [6.07, 6.45) is 1.56. The van der Waals surface area contributed by atoms with Gasteiger partial charge in [0.1, 0.15) is 11.6 Å². The van der Waals surface area contributed by atoms with Crippen molar-refractivity contribution in [1.82, 2.24) is 9.29 Å². The van der Waals surface area contributed by atoms with Gasteiger partial charge in [0.2, 0.25) is 15.9 Å². The molecular formula is C16H16ClF2N3O4S. The van der Waals surface area contributed by atoms with Crippen molar-refractivity contribution in [2.45, 2.75) is 18.4 Å². The number of benzene rings is 1. The second kappa shape index (κ2) is 8.59. The number of carbonyl (C=O) groups excluding carboxylic acids is 1. The molecule has 0 unspecified atom stereocenters. The number of carbonyl (C=O) groups is 1. The molecule has 1 heterocycles. The molecule has 0 aliphatic carbocycles. The van der Waals surface area contributed by atoms with Crippen molar-refractivity contribution in [1.29, 1.82) is 0 Å². The van der Waals surface area contributed by atoms with E-state index in [0.29, 0.717) is 0 Å². The van der Waals surface area contributed by atoms with Crippen LogP contribution in [0.1, 0.15) is 5.56 Å².